The molecule has 0 unspecified atom stereocenters. The first-order valence-electron chi connectivity index (χ1n) is 7.91. The SMILES string of the molecule is Cc1c(C(=O)N/N=C/c2coc3ccccc3c2=O)nnn1-c1nonc1N. The van der Waals surface area contributed by atoms with Crippen molar-refractivity contribution in [2.45, 2.75) is 6.92 Å². The molecular formula is C16H12N8O4. The lowest BCUT2D eigenvalue weighted by Crippen LogP contribution is -2.20. The quantitative estimate of drug-likeness (QED) is 0.376. The van der Waals surface area contributed by atoms with Crippen LogP contribution in [0.4, 0.5) is 5.82 Å². The number of benzene rings is 1. The van der Waals surface area contributed by atoms with Gasteiger partial charge in [0.2, 0.25) is 17.1 Å². The Morgan fingerprint density at radius 3 is 2.93 bits per heavy atom. The number of nitrogens with one attached hydrogen (secondary N) is 1. The first kappa shape index (κ1) is 17.1. The zero-order valence-electron chi connectivity index (χ0n) is 14.4. The third kappa shape index (κ3) is 2.88. The highest BCUT2D eigenvalue weighted by molar-refractivity contribution is 5.94. The van der Waals surface area contributed by atoms with Crippen molar-refractivity contribution in [3.8, 4) is 5.82 Å². The van der Waals surface area contributed by atoms with Gasteiger partial charge in [0.1, 0.15) is 11.8 Å². The maximum Gasteiger partial charge on any atom is 0.293 e. The Bertz CT molecular complexity index is 1270. The number of carbonyl (C=O) groups is 1. The first-order chi connectivity index (χ1) is 13.6. The molecule has 0 saturated heterocycles. The molecule has 0 spiro atoms. The zero-order valence-corrected chi connectivity index (χ0v) is 14.4. The minimum Gasteiger partial charge on any atom is -0.463 e. The molecule has 4 rings (SSSR count). The Balaban J connectivity index is 1.54. The summed E-state index contributed by atoms with van der Waals surface area (Å²) in [5.74, 6) is -0.525. The number of hydrazone groups is 1. The van der Waals surface area contributed by atoms with Crippen LogP contribution in [0, 0.1) is 6.92 Å². The third-order valence-corrected chi connectivity index (χ3v) is 3.88. The van der Waals surface area contributed by atoms with Crippen LogP contribution in [-0.2, 0) is 0 Å². The van der Waals surface area contributed by atoms with Crippen molar-refractivity contribution in [2.75, 3.05) is 5.73 Å². The van der Waals surface area contributed by atoms with Gasteiger partial charge < -0.3 is 10.2 Å². The molecule has 0 atom stereocenters. The van der Waals surface area contributed by atoms with Gasteiger partial charge in [-0.2, -0.15) is 9.78 Å². The van der Waals surface area contributed by atoms with E-state index in [0.717, 1.165) is 0 Å². The number of carbonyl (C=O) groups excluding carboxylic acids is 1. The molecule has 140 valence electrons. The van der Waals surface area contributed by atoms with Gasteiger partial charge in [0.15, 0.2) is 5.69 Å². The second-order valence-electron chi connectivity index (χ2n) is 5.62. The molecule has 0 radical (unpaired) electrons. The topological polar surface area (TPSA) is 167 Å². The van der Waals surface area contributed by atoms with Gasteiger partial charge in [-0.25, -0.2) is 10.1 Å². The van der Waals surface area contributed by atoms with Crippen LogP contribution in [0.3, 0.4) is 0 Å². The summed E-state index contributed by atoms with van der Waals surface area (Å²) in [4.78, 5) is 24.7. The Hall–Kier alpha value is -4.35. The molecule has 0 aliphatic rings. The van der Waals surface area contributed by atoms with Crippen LogP contribution in [0.5, 0.6) is 0 Å². The van der Waals surface area contributed by atoms with Crippen molar-refractivity contribution in [2.24, 2.45) is 5.10 Å². The van der Waals surface area contributed by atoms with E-state index in [0.29, 0.717) is 16.7 Å². The summed E-state index contributed by atoms with van der Waals surface area (Å²) in [7, 11) is 0. The van der Waals surface area contributed by atoms with Crippen molar-refractivity contribution in [1.82, 2.24) is 30.7 Å². The summed E-state index contributed by atoms with van der Waals surface area (Å²) in [5, 5.41) is 18.8. The lowest BCUT2D eigenvalue weighted by Gasteiger charge is -1.99. The predicted molar refractivity (Wildman–Crippen MR) is 95.9 cm³/mol. The number of anilines is 1. The molecule has 1 amide bonds. The summed E-state index contributed by atoms with van der Waals surface area (Å²) < 4.78 is 11.1. The second-order valence-corrected chi connectivity index (χ2v) is 5.62. The van der Waals surface area contributed by atoms with Crippen LogP contribution in [0.1, 0.15) is 21.7 Å². The van der Waals surface area contributed by atoms with Crippen LogP contribution in [0.2, 0.25) is 0 Å². The fraction of sp³-hybridized carbons (Fsp3) is 0.0625. The number of hydrogen-bond donors (Lipinski definition) is 2. The van der Waals surface area contributed by atoms with Gasteiger partial charge in [0.05, 0.1) is 22.9 Å². The molecule has 0 aliphatic heterocycles. The number of aromatic nitrogens is 5. The van der Waals surface area contributed by atoms with Gasteiger partial charge in [-0.15, -0.1) is 5.10 Å². The average Bonchev–Trinajstić information content (AvgIpc) is 3.28. The largest absolute Gasteiger partial charge is 0.463 e. The summed E-state index contributed by atoms with van der Waals surface area (Å²) in [5.41, 5.74) is 8.60. The zero-order chi connectivity index (χ0) is 19.7. The molecule has 28 heavy (non-hydrogen) atoms. The van der Waals surface area contributed by atoms with E-state index in [2.05, 4.69) is 35.8 Å². The van der Waals surface area contributed by atoms with Crippen LogP contribution in [-0.4, -0.2) is 37.4 Å². The minimum absolute atomic E-state index is 0.000934. The number of nitrogen functional groups attached to an aromatic ring is 1. The normalized spacial score (nSPS) is 11.3. The summed E-state index contributed by atoms with van der Waals surface area (Å²) in [6.07, 6.45) is 2.46. The maximum atomic E-state index is 12.4. The van der Waals surface area contributed by atoms with Crippen LogP contribution in [0.25, 0.3) is 16.8 Å². The fourth-order valence-corrected chi connectivity index (χ4v) is 2.47. The van der Waals surface area contributed by atoms with Crippen LogP contribution < -0.4 is 16.6 Å². The molecule has 3 aromatic heterocycles. The maximum absolute atomic E-state index is 12.4. The lowest BCUT2D eigenvalue weighted by atomic mass is 10.2. The first-order valence-corrected chi connectivity index (χ1v) is 7.91. The highest BCUT2D eigenvalue weighted by Gasteiger charge is 2.20. The molecule has 3 heterocycles. The summed E-state index contributed by atoms with van der Waals surface area (Å²) in [6, 6.07) is 6.81. The summed E-state index contributed by atoms with van der Waals surface area (Å²) >= 11 is 0. The van der Waals surface area contributed by atoms with E-state index in [1.54, 1.807) is 31.2 Å². The Kier molecular flexibility index (Phi) is 4.12. The van der Waals surface area contributed by atoms with Gasteiger partial charge >= 0.3 is 0 Å². The van der Waals surface area contributed by atoms with Gasteiger partial charge in [0.25, 0.3) is 5.91 Å². The number of para-hydroxylation sites is 1. The lowest BCUT2D eigenvalue weighted by molar-refractivity contribution is 0.0949. The molecule has 0 fully saturated rings. The molecule has 12 nitrogen and oxygen atoms in total. The smallest absolute Gasteiger partial charge is 0.293 e. The Morgan fingerprint density at radius 1 is 1.32 bits per heavy atom. The molecule has 0 saturated carbocycles. The minimum atomic E-state index is -0.639. The van der Waals surface area contributed by atoms with Crippen molar-refractivity contribution in [3.63, 3.8) is 0 Å². The van der Waals surface area contributed by atoms with Gasteiger partial charge in [0, 0.05) is 0 Å². The Morgan fingerprint density at radius 2 is 2.14 bits per heavy atom. The van der Waals surface area contributed by atoms with E-state index in [9.17, 15) is 9.59 Å². The Labute approximate surface area is 155 Å². The average molecular weight is 380 g/mol. The van der Waals surface area contributed by atoms with Crippen molar-refractivity contribution in [1.29, 1.82) is 0 Å². The molecule has 1 aromatic carbocycles. The van der Waals surface area contributed by atoms with Crippen molar-refractivity contribution in [3.05, 3.63) is 57.7 Å². The number of rotatable bonds is 4. The van der Waals surface area contributed by atoms with E-state index >= 15 is 0 Å². The van der Waals surface area contributed by atoms with Crippen LogP contribution in [0.15, 0.2) is 49.5 Å². The molecule has 0 aliphatic carbocycles. The number of nitrogens with zero attached hydrogens (tertiary/aromatic N) is 6. The number of hydrogen-bond acceptors (Lipinski definition) is 10. The highest BCUT2D eigenvalue weighted by Crippen LogP contribution is 2.14. The van der Waals surface area contributed by atoms with Crippen LogP contribution >= 0.6 is 0 Å². The monoisotopic (exact) mass is 380 g/mol. The van der Waals surface area contributed by atoms with Gasteiger partial charge in [-0.05, 0) is 29.4 Å². The summed E-state index contributed by atoms with van der Waals surface area (Å²) in [6.45, 7) is 1.59. The van der Waals surface area contributed by atoms with E-state index in [1.165, 1.54) is 17.2 Å². The second kappa shape index (κ2) is 6.75. The molecule has 0 bridgehead atoms. The predicted octanol–water partition coefficient (Wildman–Crippen LogP) is 0.411. The van der Waals surface area contributed by atoms with E-state index in [1.807, 2.05) is 0 Å². The van der Waals surface area contributed by atoms with Crippen molar-refractivity contribution >= 4 is 28.9 Å². The molecule has 12 heteroatoms. The number of nitrogens with two attached hydrogens (primary N) is 1. The molecule has 3 N–H and O–H groups in total. The van der Waals surface area contributed by atoms with Crippen molar-refractivity contribution < 1.29 is 13.8 Å². The number of amides is 1. The molecular weight excluding hydrogens is 368 g/mol. The van der Waals surface area contributed by atoms with Gasteiger partial charge in [-0.1, -0.05) is 17.3 Å². The third-order valence-electron chi connectivity index (χ3n) is 3.88. The van der Waals surface area contributed by atoms with E-state index in [4.69, 9.17) is 10.2 Å². The highest BCUT2D eigenvalue weighted by atomic mass is 16.6. The standard InChI is InChI=1S/C16H12N8O4/c1-8-12(19-23-24(8)15-14(17)21-28-22-15)16(26)20-18-6-9-7-27-11-5-3-2-4-10(11)13(9)25/h2-7H,1H3,(H2,17,21)(H,20,26)/b18-6+. The number of fused-ring (bicyclic) bond motifs is 1. The van der Waals surface area contributed by atoms with Gasteiger partial charge in [-0.3, -0.25) is 9.59 Å². The molecule has 4 aromatic rings. The fourth-order valence-electron chi connectivity index (χ4n) is 2.47. The van der Waals surface area contributed by atoms with E-state index < -0.39 is 5.91 Å². The van der Waals surface area contributed by atoms with E-state index in [-0.39, 0.29) is 28.3 Å².